The van der Waals surface area contributed by atoms with Crippen LogP contribution in [0.25, 0.3) is 0 Å². The van der Waals surface area contributed by atoms with Gasteiger partial charge in [-0.05, 0) is 30.7 Å². The lowest BCUT2D eigenvalue weighted by Gasteiger charge is -2.20. The molecule has 0 aliphatic carbocycles. The Kier molecular flexibility index (Phi) is 7.80. The molecule has 6 nitrogen and oxygen atoms in total. The SMILES string of the molecule is CCCCN(CCC(=O)Nc1ccc(C(=O)OC)cc1)C(C)=O. The fraction of sp³-hybridized carbons (Fsp3) is 0.471. The third-order valence-electron chi connectivity index (χ3n) is 3.43. The first kappa shape index (κ1) is 18.7. The first-order valence-corrected chi connectivity index (χ1v) is 7.71. The van der Waals surface area contributed by atoms with Gasteiger partial charge in [0.1, 0.15) is 0 Å². The predicted molar refractivity (Wildman–Crippen MR) is 88.2 cm³/mol. The Hall–Kier alpha value is -2.37. The van der Waals surface area contributed by atoms with Gasteiger partial charge in [-0.25, -0.2) is 4.79 Å². The van der Waals surface area contributed by atoms with Gasteiger partial charge in [-0.2, -0.15) is 0 Å². The molecule has 0 spiro atoms. The van der Waals surface area contributed by atoms with Gasteiger partial charge in [-0.15, -0.1) is 0 Å². The molecule has 0 heterocycles. The van der Waals surface area contributed by atoms with E-state index in [2.05, 4.69) is 17.0 Å². The van der Waals surface area contributed by atoms with Crippen LogP contribution in [-0.2, 0) is 14.3 Å². The summed E-state index contributed by atoms with van der Waals surface area (Å²) >= 11 is 0. The van der Waals surface area contributed by atoms with Crippen molar-refractivity contribution in [3.05, 3.63) is 29.8 Å². The Morgan fingerprint density at radius 3 is 2.30 bits per heavy atom. The normalized spacial score (nSPS) is 10.0. The number of carbonyl (C=O) groups is 3. The topological polar surface area (TPSA) is 75.7 Å². The number of nitrogens with zero attached hydrogens (tertiary/aromatic N) is 1. The third-order valence-corrected chi connectivity index (χ3v) is 3.43. The Morgan fingerprint density at radius 2 is 1.78 bits per heavy atom. The number of hydrogen-bond donors (Lipinski definition) is 1. The molecule has 1 rings (SSSR count). The van der Waals surface area contributed by atoms with Crippen molar-refractivity contribution in [2.75, 3.05) is 25.5 Å². The maximum absolute atomic E-state index is 11.9. The number of unbranched alkanes of at least 4 members (excludes halogenated alkanes) is 1. The molecule has 0 radical (unpaired) electrons. The highest BCUT2D eigenvalue weighted by Gasteiger charge is 2.11. The Labute approximate surface area is 136 Å². The van der Waals surface area contributed by atoms with Crippen LogP contribution in [0.15, 0.2) is 24.3 Å². The first-order chi connectivity index (χ1) is 11.0. The van der Waals surface area contributed by atoms with E-state index in [1.165, 1.54) is 14.0 Å². The molecule has 1 N–H and O–H groups in total. The van der Waals surface area contributed by atoms with Gasteiger partial charge >= 0.3 is 5.97 Å². The highest BCUT2D eigenvalue weighted by molar-refractivity contribution is 5.93. The molecule has 0 unspecified atom stereocenters. The summed E-state index contributed by atoms with van der Waals surface area (Å²) in [7, 11) is 1.32. The van der Waals surface area contributed by atoms with Crippen molar-refractivity contribution < 1.29 is 19.1 Å². The summed E-state index contributed by atoms with van der Waals surface area (Å²) in [6.07, 6.45) is 2.17. The van der Waals surface area contributed by atoms with E-state index in [4.69, 9.17) is 0 Å². The second kappa shape index (κ2) is 9.61. The zero-order valence-electron chi connectivity index (χ0n) is 13.9. The highest BCUT2D eigenvalue weighted by Crippen LogP contribution is 2.11. The fourth-order valence-electron chi connectivity index (χ4n) is 2.04. The van der Waals surface area contributed by atoms with Crippen molar-refractivity contribution in [1.82, 2.24) is 4.90 Å². The van der Waals surface area contributed by atoms with Crippen molar-refractivity contribution in [1.29, 1.82) is 0 Å². The number of hydrogen-bond acceptors (Lipinski definition) is 4. The summed E-state index contributed by atoms with van der Waals surface area (Å²) in [6.45, 7) is 4.65. The van der Waals surface area contributed by atoms with Gasteiger partial charge < -0.3 is 15.0 Å². The van der Waals surface area contributed by atoms with Crippen molar-refractivity contribution in [3.8, 4) is 0 Å². The number of benzene rings is 1. The first-order valence-electron chi connectivity index (χ1n) is 7.71. The summed E-state index contributed by atoms with van der Waals surface area (Å²) in [4.78, 5) is 36.5. The van der Waals surface area contributed by atoms with Crippen LogP contribution in [0.3, 0.4) is 0 Å². The van der Waals surface area contributed by atoms with E-state index in [0.29, 0.717) is 24.3 Å². The largest absolute Gasteiger partial charge is 0.465 e. The summed E-state index contributed by atoms with van der Waals surface area (Å²) in [5, 5.41) is 2.75. The number of carbonyl (C=O) groups excluding carboxylic acids is 3. The average molecular weight is 320 g/mol. The van der Waals surface area contributed by atoms with Crippen molar-refractivity contribution >= 4 is 23.5 Å². The monoisotopic (exact) mass is 320 g/mol. The summed E-state index contributed by atoms with van der Waals surface area (Å²) in [5.41, 5.74) is 1.03. The minimum Gasteiger partial charge on any atom is -0.465 e. The number of esters is 1. The van der Waals surface area contributed by atoms with Crippen LogP contribution in [0.2, 0.25) is 0 Å². The van der Waals surface area contributed by atoms with Gasteiger partial charge in [0.25, 0.3) is 0 Å². The van der Waals surface area contributed by atoms with Gasteiger partial charge in [-0.3, -0.25) is 9.59 Å². The van der Waals surface area contributed by atoms with E-state index >= 15 is 0 Å². The molecule has 0 atom stereocenters. The smallest absolute Gasteiger partial charge is 0.337 e. The molecule has 23 heavy (non-hydrogen) atoms. The van der Waals surface area contributed by atoms with Crippen molar-refractivity contribution in [2.24, 2.45) is 0 Å². The second-order valence-electron chi connectivity index (χ2n) is 5.23. The summed E-state index contributed by atoms with van der Waals surface area (Å²) in [5.74, 6) is -0.608. The van der Waals surface area contributed by atoms with Crippen molar-refractivity contribution in [2.45, 2.75) is 33.1 Å². The van der Waals surface area contributed by atoms with Crippen LogP contribution >= 0.6 is 0 Å². The third kappa shape index (κ3) is 6.50. The second-order valence-corrected chi connectivity index (χ2v) is 5.23. The average Bonchev–Trinajstić information content (AvgIpc) is 2.54. The number of amides is 2. The molecule has 0 aliphatic heterocycles. The minimum atomic E-state index is -0.420. The van der Waals surface area contributed by atoms with Crippen LogP contribution in [0.4, 0.5) is 5.69 Å². The maximum atomic E-state index is 11.9. The molecular formula is C17H24N2O4. The maximum Gasteiger partial charge on any atom is 0.337 e. The van der Waals surface area contributed by atoms with Crippen molar-refractivity contribution in [3.63, 3.8) is 0 Å². The Morgan fingerprint density at radius 1 is 1.13 bits per heavy atom. The molecule has 1 aromatic carbocycles. The van der Waals surface area contributed by atoms with Gasteiger partial charge in [0.15, 0.2) is 0 Å². The van der Waals surface area contributed by atoms with Gasteiger partial charge in [0.2, 0.25) is 11.8 Å². The number of rotatable bonds is 8. The van der Waals surface area contributed by atoms with E-state index < -0.39 is 5.97 Å². The Bertz CT molecular complexity index is 540. The molecule has 0 saturated heterocycles. The molecular weight excluding hydrogens is 296 g/mol. The highest BCUT2D eigenvalue weighted by atomic mass is 16.5. The molecule has 0 bridgehead atoms. The van der Waals surface area contributed by atoms with Gasteiger partial charge in [0, 0.05) is 32.1 Å². The summed E-state index contributed by atoms with van der Waals surface area (Å²) in [6, 6.07) is 6.46. The molecule has 1 aromatic rings. The molecule has 126 valence electrons. The van der Waals surface area contributed by atoms with E-state index in [1.54, 1.807) is 29.2 Å². The lowest BCUT2D eigenvalue weighted by molar-refractivity contribution is -0.129. The minimum absolute atomic E-state index is 0.0197. The summed E-state index contributed by atoms with van der Waals surface area (Å²) < 4.78 is 4.61. The quantitative estimate of drug-likeness (QED) is 0.747. The standard InChI is InChI=1S/C17H24N2O4/c1-4-5-11-19(13(2)20)12-10-16(21)18-15-8-6-14(7-9-15)17(22)23-3/h6-9H,4-5,10-12H2,1-3H3,(H,18,21). The zero-order valence-corrected chi connectivity index (χ0v) is 13.9. The lowest BCUT2D eigenvalue weighted by atomic mass is 10.2. The predicted octanol–water partition coefficient (Wildman–Crippen LogP) is 2.45. The number of nitrogens with one attached hydrogen (secondary N) is 1. The van der Waals surface area contributed by atoms with Crippen LogP contribution in [0.1, 0.15) is 43.5 Å². The molecule has 0 aliphatic rings. The fourth-order valence-corrected chi connectivity index (χ4v) is 2.04. The van der Waals surface area contributed by atoms with E-state index in [9.17, 15) is 14.4 Å². The van der Waals surface area contributed by atoms with E-state index in [0.717, 1.165) is 12.8 Å². The van der Waals surface area contributed by atoms with Crippen LogP contribution in [-0.4, -0.2) is 42.9 Å². The zero-order chi connectivity index (χ0) is 17.2. The Balaban J connectivity index is 2.49. The molecule has 0 fully saturated rings. The molecule has 2 amide bonds. The van der Waals surface area contributed by atoms with Crippen LogP contribution < -0.4 is 5.32 Å². The van der Waals surface area contributed by atoms with Crippen LogP contribution in [0, 0.1) is 0 Å². The number of anilines is 1. The number of ether oxygens (including phenoxy) is 1. The van der Waals surface area contributed by atoms with Gasteiger partial charge in [-0.1, -0.05) is 13.3 Å². The number of methoxy groups -OCH3 is 1. The lowest BCUT2D eigenvalue weighted by Crippen LogP contribution is -2.32. The van der Waals surface area contributed by atoms with Crippen LogP contribution in [0.5, 0.6) is 0 Å². The molecule has 0 aromatic heterocycles. The molecule has 6 heteroatoms. The van der Waals surface area contributed by atoms with E-state index in [-0.39, 0.29) is 18.2 Å². The molecule has 0 saturated carbocycles. The van der Waals surface area contributed by atoms with Gasteiger partial charge in [0.05, 0.1) is 12.7 Å². The van der Waals surface area contributed by atoms with E-state index in [1.807, 2.05) is 0 Å².